The van der Waals surface area contributed by atoms with E-state index in [1.54, 1.807) is 0 Å². The number of rotatable bonds is 13. The molecule has 1 aromatic carbocycles. The van der Waals surface area contributed by atoms with Crippen molar-refractivity contribution in [2.24, 2.45) is 22.4 Å². The van der Waals surface area contributed by atoms with Gasteiger partial charge in [0, 0.05) is 13.1 Å². The van der Waals surface area contributed by atoms with Gasteiger partial charge < -0.3 is 27.0 Å². The fraction of sp³-hybridized carbons (Fsp3) is 0.560. The Morgan fingerprint density at radius 3 is 2.44 bits per heavy atom. The molecule has 2 rings (SSSR count). The maximum atomic E-state index is 13.4. The zero-order valence-corrected chi connectivity index (χ0v) is 20.9. The lowest BCUT2D eigenvalue weighted by atomic mass is 10.0. The normalized spacial score (nSPS) is 16.8. The molecule has 1 aliphatic rings. The van der Waals surface area contributed by atoms with Gasteiger partial charge in [-0.1, -0.05) is 44.2 Å². The zero-order valence-electron chi connectivity index (χ0n) is 20.9. The summed E-state index contributed by atoms with van der Waals surface area (Å²) in [4.78, 5) is 56.4. The molecule has 6 N–H and O–H groups in total. The Labute approximate surface area is 211 Å². The van der Waals surface area contributed by atoms with Crippen LogP contribution in [0.5, 0.6) is 0 Å². The number of hydrogen-bond donors (Lipinski definition) is 4. The zero-order chi connectivity index (χ0) is 26.7. The summed E-state index contributed by atoms with van der Waals surface area (Å²) in [6.07, 6.45) is 1.67. The predicted octanol–water partition coefficient (Wildman–Crippen LogP) is 0.438. The quantitative estimate of drug-likeness (QED) is 0.173. The molecule has 3 amide bonds. The summed E-state index contributed by atoms with van der Waals surface area (Å²) in [5, 5.41) is 5.42. The maximum absolute atomic E-state index is 13.4. The Balaban J connectivity index is 2.05. The smallest absolute Gasteiger partial charge is 0.246 e. The molecular formula is C25H37FN6O4. The van der Waals surface area contributed by atoms with Crippen molar-refractivity contribution in [1.29, 1.82) is 0 Å². The fourth-order valence-corrected chi connectivity index (χ4v) is 4.18. The third-order valence-corrected chi connectivity index (χ3v) is 6.08. The van der Waals surface area contributed by atoms with Crippen LogP contribution in [0.1, 0.15) is 45.1 Å². The number of guanidine groups is 1. The number of carbonyl (C=O) groups is 4. The summed E-state index contributed by atoms with van der Waals surface area (Å²) < 4.78 is 13.1. The van der Waals surface area contributed by atoms with E-state index >= 15 is 0 Å². The molecular weight excluding hydrogens is 467 g/mol. The Kier molecular flexibility index (Phi) is 11.3. The number of nitrogens with one attached hydrogen (secondary N) is 2. The number of hydrogen-bond acceptors (Lipinski definition) is 5. The topological polar surface area (TPSA) is 160 Å². The van der Waals surface area contributed by atoms with Crippen LogP contribution in [0, 0.1) is 5.92 Å². The van der Waals surface area contributed by atoms with Crippen LogP contribution in [0.25, 0.3) is 0 Å². The van der Waals surface area contributed by atoms with Crippen LogP contribution in [0.2, 0.25) is 0 Å². The van der Waals surface area contributed by atoms with Crippen molar-refractivity contribution < 1.29 is 23.6 Å². The number of nitrogens with two attached hydrogens (primary N) is 2. The summed E-state index contributed by atoms with van der Waals surface area (Å²) in [6.45, 7) is 3.01. The monoisotopic (exact) mass is 504 g/mol. The molecule has 0 aromatic heterocycles. The van der Waals surface area contributed by atoms with Crippen molar-refractivity contribution >= 4 is 29.5 Å². The van der Waals surface area contributed by atoms with Crippen LogP contribution in [0.15, 0.2) is 35.3 Å². The van der Waals surface area contributed by atoms with Gasteiger partial charge in [0.05, 0.1) is 12.5 Å². The molecule has 198 valence electrons. The molecule has 1 saturated heterocycles. The summed E-state index contributed by atoms with van der Waals surface area (Å²) in [5.74, 6) is -2.22. The summed E-state index contributed by atoms with van der Waals surface area (Å²) in [7, 11) is 0. The van der Waals surface area contributed by atoms with Crippen LogP contribution in [-0.4, -0.2) is 72.3 Å². The lowest BCUT2D eigenvalue weighted by molar-refractivity contribution is -0.143. The third-order valence-electron chi connectivity index (χ3n) is 6.08. The molecule has 36 heavy (non-hydrogen) atoms. The standard InChI is InChI=1S/C25H37FN6O4/c1-16(2)22(31-21(34)14-17-8-4-3-5-9-17)24(36)32-13-7-11-19(32)23(35)30-18(20(33)15-26)10-6-12-29-25(27)28/h3-5,8-9,16,18-19,22H,6-7,10-15H2,1-2H3,(H,30,35)(H,31,34)(H4,27,28,29)/t18?,19-,22?/m0/s1. The number of alkyl halides is 1. The first-order valence-electron chi connectivity index (χ1n) is 12.2. The molecule has 2 unspecified atom stereocenters. The fourth-order valence-electron chi connectivity index (χ4n) is 4.18. The molecule has 1 aromatic rings. The van der Waals surface area contributed by atoms with Gasteiger partial charge in [0.15, 0.2) is 11.7 Å². The molecule has 1 aliphatic heterocycles. The van der Waals surface area contributed by atoms with Gasteiger partial charge in [-0.05, 0) is 37.2 Å². The maximum Gasteiger partial charge on any atom is 0.246 e. The second-order valence-corrected chi connectivity index (χ2v) is 9.25. The van der Waals surface area contributed by atoms with Crippen molar-refractivity contribution in [3.8, 4) is 0 Å². The van der Waals surface area contributed by atoms with Crippen molar-refractivity contribution in [1.82, 2.24) is 15.5 Å². The summed E-state index contributed by atoms with van der Waals surface area (Å²) >= 11 is 0. The van der Waals surface area contributed by atoms with E-state index < -0.39 is 36.5 Å². The van der Waals surface area contributed by atoms with E-state index in [-0.39, 0.29) is 43.1 Å². The number of nitrogens with zero attached hydrogens (tertiary/aromatic N) is 2. The molecule has 11 heteroatoms. The van der Waals surface area contributed by atoms with Gasteiger partial charge in [0.25, 0.3) is 0 Å². The average molecular weight is 505 g/mol. The van der Waals surface area contributed by atoms with E-state index in [0.717, 1.165) is 5.56 Å². The highest BCUT2D eigenvalue weighted by molar-refractivity contribution is 5.95. The number of carbonyl (C=O) groups excluding carboxylic acids is 4. The number of likely N-dealkylation sites (tertiary alicyclic amines) is 1. The van der Waals surface area contributed by atoms with Crippen LogP contribution in [0.4, 0.5) is 4.39 Å². The largest absolute Gasteiger partial charge is 0.370 e. The summed E-state index contributed by atoms with van der Waals surface area (Å²) in [5.41, 5.74) is 11.4. The van der Waals surface area contributed by atoms with Crippen LogP contribution >= 0.6 is 0 Å². The Morgan fingerprint density at radius 2 is 1.83 bits per heavy atom. The highest BCUT2D eigenvalue weighted by Gasteiger charge is 2.39. The van der Waals surface area contributed by atoms with Crippen molar-refractivity contribution in [3.63, 3.8) is 0 Å². The van der Waals surface area contributed by atoms with Gasteiger partial charge in [-0.3, -0.25) is 24.2 Å². The highest BCUT2D eigenvalue weighted by atomic mass is 19.1. The number of amides is 3. The minimum Gasteiger partial charge on any atom is -0.370 e. The first-order valence-corrected chi connectivity index (χ1v) is 12.2. The molecule has 0 bridgehead atoms. The molecule has 1 heterocycles. The predicted molar refractivity (Wildman–Crippen MR) is 134 cm³/mol. The first-order chi connectivity index (χ1) is 17.1. The van der Waals surface area contributed by atoms with Crippen molar-refractivity contribution in [3.05, 3.63) is 35.9 Å². The third kappa shape index (κ3) is 8.62. The van der Waals surface area contributed by atoms with E-state index in [0.29, 0.717) is 25.8 Å². The van der Waals surface area contributed by atoms with Crippen molar-refractivity contribution in [2.45, 2.75) is 64.1 Å². The molecule has 1 fully saturated rings. The van der Waals surface area contributed by atoms with Crippen LogP contribution in [0.3, 0.4) is 0 Å². The first kappa shape index (κ1) is 28.7. The Hall–Kier alpha value is -3.50. The minimum atomic E-state index is -1.22. The van der Waals surface area contributed by atoms with Gasteiger partial charge in [-0.2, -0.15) is 0 Å². The number of halogens is 1. The highest BCUT2D eigenvalue weighted by Crippen LogP contribution is 2.21. The van der Waals surface area contributed by atoms with E-state index in [9.17, 15) is 23.6 Å². The molecule has 0 radical (unpaired) electrons. The lowest BCUT2D eigenvalue weighted by Crippen LogP contribution is -2.56. The number of aliphatic imine (C=N–C) groups is 1. The average Bonchev–Trinajstić information content (AvgIpc) is 3.34. The van der Waals surface area contributed by atoms with Gasteiger partial charge in [0.2, 0.25) is 17.7 Å². The minimum absolute atomic E-state index is 0.0944. The van der Waals surface area contributed by atoms with E-state index in [1.807, 2.05) is 44.2 Å². The molecule has 0 spiro atoms. The lowest BCUT2D eigenvalue weighted by Gasteiger charge is -2.31. The number of ketones is 1. The number of Topliss-reactive ketones (excluding diaryl/α,β-unsaturated/α-hetero) is 1. The van der Waals surface area contributed by atoms with E-state index in [1.165, 1.54) is 4.90 Å². The van der Waals surface area contributed by atoms with Gasteiger partial charge in [-0.25, -0.2) is 4.39 Å². The van der Waals surface area contributed by atoms with Crippen LogP contribution < -0.4 is 22.1 Å². The summed E-state index contributed by atoms with van der Waals surface area (Å²) in [6, 6.07) is 6.54. The molecule has 10 nitrogen and oxygen atoms in total. The number of benzene rings is 1. The van der Waals surface area contributed by atoms with E-state index in [2.05, 4.69) is 15.6 Å². The Bertz CT molecular complexity index is 936. The second-order valence-electron chi connectivity index (χ2n) is 9.25. The second kappa shape index (κ2) is 14.2. The SMILES string of the molecule is CC(C)C(NC(=O)Cc1ccccc1)C(=O)N1CCC[C@H]1C(=O)NC(CCCN=C(N)N)C(=O)CF. The van der Waals surface area contributed by atoms with Gasteiger partial charge in [0.1, 0.15) is 18.8 Å². The van der Waals surface area contributed by atoms with Gasteiger partial charge in [-0.15, -0.1) is 0 Å². The Morgan fingerprint density at radius 1 is 1.14 bits per heavy atom. The molecule has 0 saturated carbocycles. The van der Waals surface area contributed by atoms with Crippen molar-refractivity contribution in [2.75, 3.05) is 19.8 Å². The van der Waals surface area contributed by atoms with Crippen LogP contribution in [-0.2, 0) is 25.6 Å². The molecule has 3 atom stereocenters. The van der Waals surface area contributed by atoms with E-state index in [4.69, 9.17) is 11.5 Å². The van der Waals surface area contributed by atoms with Gasteiger partial charge >= 0.3 is 0 Å². The molecule has 0 aliphatic carbocycles.